The van der Waals surface area contributed by atoms with Crippen molar-refractivity contribution in [1.29, 1.82) is 0 Å². The van der Waals surface area contributed by atoms with Gasteiger partial charge < -0.3 is 73.6 Å². The maximum atomic E-state index is 14.6. The van der Waals surface area contributed by atoms with Crippen LogP contribution >= 0.6 is 0 Å². The monoisotopic (exact) mass is 1280 g/mol. The maximum Gasteiger partial charge on any atom is 0.407 e. The zero-order valence-electron chi connectivity index (χ0n) is 52.6. The second kappa shape index (κ2) is 23.9. The van der Waals surface area contributed by atoms with Crippen LogP contribution in [0.4, 0.5) is 52.9 Å². The number of amides is 2. The third kappa shape index (κ3) is 13.0. The molecule has 6 atom stereocenters. The Labute approximate surface area is 530 Å². The molecule has 4 aliphatic heterocycles. The van der Waals surface area contributed by atoms with Crippen molar-refractivity contribution in [3.63, 3.8) is 0 Å². The second-order valence-corrected chi connectivity index (χ2v) is 25.4. The average Bonchev–Trinajstić information content (AvgIpc) is 1.68. The van der Waals surface area contributed by atoms with Crippen molar-refractivity contribution in [3.05, 3.63) is 141 Å². The van der Waals surface area contributed by atoms with Gasteiger partial charge in [0.1, 0.15) is 91.2 Å². The molecular formula is C63H71F3N18O9. The zero-order valence-corrected chi connectivity index (χ0v) is 52.6. The summed E-state index contributed by atoms with van der Waals surface area (Å²) in [4.78, 5) is 61.7. The molecule has 0 spiro atoms. The van der Waals surface area contributed by atoms with Crippen LogP contribution < -0.4 is 63.7 Å². The van der Waals surface area contributed by atoms with Crippen molar-refractivity contribution in [3.8, 4) is 17.2 Å². The summed E-state index contributed by atoms with van der Waals surface area (Å²) in [7, 11) is 0. The van der Waals surface area contributed by atoms with E-state index in [4.69, 9.17) is 41.9 Å². The molecule has 10 heterocycles. The van der Waals surface area contributed by atoms with E-state index >= 15 is 0 Å². The lowest BCUT2D eigenvalue weighted by Gasteiger charge is -2.27. The summed E-state index contributed by atoms with van der Waals surface area (Å²) >= 11 is 0. The van der Waals surface area contributed by atoms with E-state index in [1.807, 2.05) is 41.5 Å². The standard InChI is InChI=1S/C25H31FN6O4.C19H21FN6O3.C19H19FN6O2/c1-13(29-18-7-8-32-22(30-18)19(14(2)33)21(27)31-32)17-10-16(26)9-15-11-25(6,35-20(15)17)12-28-23(34)36-24(3,4)5;1-9(12-6-11(20)5-10-7-19(2,8-21)29-15(10)12)23-13-3-4-26-17(24-13)14(18(27)28)16(22)25-26;1-9-12-6-11(20)5-10-7-19(2,28-15(10)12)8-22-18(27)14-16(21)25-26-4-3-13(23-9)24-17(14)26/h7-10,13H,11-12H2,1-6H3,(H2,27,31)(H,28,34)(H,29,30);3-6,9H,7-8,21H2,1-2H3,(H2,22,25)(H,23,24)(H,27,28);3-6,9H,7-8H2,1-2H3,(H2,21,25)(H,22,27)(H,23,24)/t13-,25-;2*9-,19-/m111/s1. The van der Waals surface area contributed by atoms with Gasteiger partial charge in [-0.05, 0) is 124 Å². The van der Waals surface area contributed by atoms with E-state index in [1.54, 1.807) is 57.6 Å². The number of nitrogen functional groups attached to an aromatic ring is 3. The first-order chi connectivity index (χ1) is 43.8. The van der Waals surface area contributed by atoms with Crippen molar-refractivity contribution >= 4 is 75.6 Å². The van der Waals surface area contributed by atoms with Crippen molar-refractivity contribution in [2.24, 2.45) is 5.73 Å². The fraction of sp³-hybridized carbons (Fsp3) is 0.365. The average molecular weight is 1280 g/mol. The molecule has 0 radical (unpaired) electrons. The Balaban J connectivity index is 0.000000144. The second-order valence-electron chi connectivity index (χ2n) is 25.4. The number of ketones is 1. The van der Waals surface area contributed by atoms with Crippen LogP contribution in [0.1, 0.15) is 152 Å². The number of rotatable bonds is 11. The van der Waals surface area contributed by atoms with Crippen LogP contribution in [0, 0.1) is 17.5 Å². The van der Waals surface area contributed by atoms with Gasteiger partial charge in [0.2, 0.25) is 0 Å². The van der Waals surface area contributed by atoms with Gasteiger partial charge in [-0.1, -0.05) is 0 Å². The number of aromatic nitrogens is 9. The molecule has 93 heavy (non-hydrogen) atoms. The first-order valence-corrected chi connectivity index (χ1v) is 29.8. The van der Waals surface area contributed by atoms with E-state index in [-0.39, 0.29) is 88.3 Å². The quantitative estimate of drug-likeness (QED) is 0.0547. The van der Waals surface area contributed by atoms with Gasteiger partial charge in [-0.15, -0.1) is 15.3 Å². The molecule has 27 nitrogen and oxygen atoms in total. The Bertz CT molecular complexity index is 4510. The number of benzene rings is 3. The molecule has 2 amide bonds. The number of carboxylic acids is 1. The SMILES string of the molecule is CC(=O)c1c(N)nn2ccc(N[C@H](C)c3cc(F)cc4c3O[C@@](C)(CNC(=O)OC(C)(C)C)C4)nc12.C[C@@H](Nc1ccn2nc(N)c(C(=O)O)c2n1)c1cc(F)cc2c1O[C@@](C)(CN)C2.C[C@H]1Nc2ccn3nc(N)c(c3n2)C(=O)NC[C@@]2(C)Cc3cc(F)cc1c3O2. The molecule has 3 aromatic carbocycles. The summed E-state index contributed by atoms with van der Waals surface area (Å²) in [6, 6.07) is 12.7. The normalized spacial score (nSPS) is 19.9. The molecule has 9 aromatic rings. The predicted molar refractivity (Wildman–Crippen MR) is 338 cm³/mol. The molecule has 488 valence electrons. The molecule has 0 saturated heterocycles. The van der Waals surface area contributed by atoms with Crippen LogP contribution in [0.3, 0.4) is 0 Å². The van der Waals surface area contributed by atoms with E-state index in [0.717, 1.165) is 11.1 Å². The summed E-state index contributed by atoms with van der Waals surface area (Å²) in [5.74, 6) is 0.386. The minimum absolute atomic E-state index is 0.105. The third-order valence-corrected chi connectivity index (χ3v) is 16.1. The van der Waals surface area contributed by atoms with Gasteiger partial charge in [0.15, 0.2) is 40.2 Å². The first-order valence-electron chi connectivity index (χ1n) is 29.8. The van der Waals surface area contributed by atoms with Gasteiger partial charge in [0.25, 0.3) is 5.91 Å². The fourth-order valence-electron chi connectivity index (χ4n) is 11.8. The van der Waals surface area contributed by atoms with Gasteiger partial charge in [0.05, 0.1) is 31.2 Å². The highest BCUT2D eigenvalue weighted by Gasteiger charge is 2.41. The van der Waals surface area contributed by atoms with E-state index in [9.17, 15) is 37.5 Å². The van der Waals surface area contributed by atoms with Gasteiger partial charge >= 0.3 is 12.1 Å². The number of halogens is 3. The molecule has 6 aromatic heterocycles. The number of carbonyl (C=O) groups is 4. The summed E-state index contributed by atoms with van der Waals surface area (Å²) in [6.45, 7) is 18.7. The lowest BCUT2D eigenvalue weighted by molar-refractivity contribution is 0.0447. The van der Waals surface area contributed by atoms with Crippen molar-refractivity contribution in [2.45, 2.75) is 129 Å². The summed E-state index contributed by atoms with van der Waals surface area (Å²) < 4.78 is 71.1. The fourth-order valence-corrected chi connectivity index (χ4v) is 11.8. The number of Topliss-reactive ketones (excluding diaryl/α,β-unsaturated/α-hetero) is 1. The minimum Gasteiger partial charge on any atom is -0.485 e. The molecule has 30 heteroatoms. The number of nitrogens with zero attached hydrogens (tertiary/aromatic N) is 9. The lowest BCUT2D eigenvalue weighted by atomic mass is 9.96. The molecule has 0 aliphatic carbocycles. The summed E-state index contributed by atoms with van der Waals surface area (Å²) in [5.41, 5.74) is 26.0. The van der Waals surface area contributed by atoms with E-state index in [1.165, 1.54) is 56.9 Å². The number of hydrogen-bond acceptors (Lipinski definition) is 21. The molecular weight excluding hydrogens is 1210 g/mol. The Morgan fingerprint density at radius 3 is 1.78 bits per heavy atom. The molecule has 14 N–H and O–H groups in total. The largest absolute Gasteiger partial charge is 0.485 e. The Morgan fingerprint density at radius 2 is 1.23 bits per heavy atom. The molecule has 0 saturated carbocycles. The topological polar surface area (TPSA) is 380 Å². The molecule has 4 bridgehead atoms. The number of ether oxygens (including phenoxy) is 4. The van der Waals surface area contributed by atoms with Gasteiger partial charge in [-0.2, -0.15) is 0 Å². The highest BCUT2D eigenvalue weighted by Crippen LogP contribution is 2.45. The van der Waals surface area contributed by atoms with E-state index in [2.05, 4.69) is 56.8 Å². The number of anilines is 6. The van der Waals surface area contributed by atoms with E-state index < -0.39 is 46.3 Å². The summed E-state index contributed by atoms with van der Waals surface area (Å²) in [5, 5.41) is 36.8. The van der Waals surface area contributed by atoms with Crippen molar-refractivity contribution < 1.29 is 56.4 Å². The first kappa shape index (κ1) is 63.9. The van der Waals surface area contributed by atoms with Crippen LogP contribution in [-0.4, -0.2) is 115 Å². The van der Waals surface area contributed by atoms with Crippen LogP contribution in [-0.2, 0) is 24.0 Å². The van der Waals surface area contributed by atoms with E-state index in [0.29, 0.717) is 94.1 Å². The van der Waals surface area contributed by atoms with Crippen LogP contribution in [0.25, 0.3) is 16.9 Å². The van der Waals surface area contributed by atoms with Gasteiger partial charge in [-0.25, -0.2) is 51.3 Å². The predicted octanol–water partition coefficient (Wildman–Crippen LogP) is 8.08. The summed E-state index contributed by atoms with van der Waals surface area (Å²) in [6.07, 6.45) is 5.76. The molecule has 0 fully saturated rings. The minimum atomic E-state index is -1.22. The number of alkyl carbamates (subject to hydrolysis) is 1. The zero-order chi connectivity index (χ0) is 67.0. The number of hydrogen-bond donors (Lipinski definition) is 10. The van der Waals surface area contributed by atoms with Crippen molar-refractivity contribution in [2.75, 3.05) is 52.8 Å². The highest BCUT2D eigenvalue weighted by molar-refractivity contribution is 6.05. The van der Waals surface area contributed by atoms with Crippen molar-refractivity contribution in [1.82, 2.24) is 54.4 Å². The highest BCUT2D eigenvalue weighted by atomic mass is 19.1. The Kier molecular flexibility index (Phi) is 16.4. The number of aromatic carboxylic acids is 1. The number of carboxylic acid groups (broad SMARTS) is 1. The Hall–Kier alpha value is -10.7. The number of fused-ring (bicyclic) bond motifs is 6. The molecule has 4 aliphatic rings. The smallest absolute Gasteiger partial charge is 0.407 e. The third-order valence-electron chi connectivity index (χ3n) is 16.1. The molecule has 13 rings (SSSR count). The van der Waals surface area contributed by atoms with Crippen LogP contribution in [0.2, 0.25) is 0 Å². The number of nitrogens with one attached hydrogen (secondary N) is 5. The molecule has 0 unspecified atom stereocenters. The van der Waals surface area contributed by atoms with Gasteiger partial charge in [0, 0.05) is 77.8 Å². The Morgan fingerprint density at radius 1 is 0.720 bits per heavy atom. The maximum absolute atomic E-state index is 14.6. The van der Waals surface area contributed by atoms with Gasteiger partial charge in [-0.3, -0.25) is 9.59 Å². The number of carbonyl (C=O) groups excluding carboxylic acids is 3. The van der Waals surface area contributed by atoms with Crippen LogP contribution in [0.15, 0.2) is 73.2 Å². The van der Waals surface area contributed by atoms with Crippen LogP contribution in [0.5, 0.6) is 17.2 Å². The lowest BCUT2D eigenvalue weighted by Crippen LogP contribution is -2.45. The number of nitrogens with two attached hydrogens (primary N) is 4.